The zero-order valence-electron chi connectivity index (χ0n) is 12.7. The number of nitrogens with zero attached hydrogens (tertiary/aromatic N) is 3. The third kappa shape index (κ3) is 3.11. The summed E-state index contributed by atoms with van der Waals surface area (Å²) in [4.78, 5) is 21.3. The van der Waals surface area contributed by atoms with Crippen LogP contribution in [0.25, 0.3) is 10.9 Å². The highest BCUT2D eigenvalue weighted by Gasteiger charge is 2.08. The van der Waals surface area contributed by atoms with Gasteiger partial charge in [-0.25, -0.2) is 14.4 Å². The Kier molecular flexibility index (Phi) is 3.89. The van der Waals surface area contributed by atoms with Gasteiger partial charge in [-0.15, -0.1) is 0 Å². The van der Waals surface area contributed by atoms with Crippen molar-refractivity contribution in [3.05, 3.63) is 54.6 Å². The number of carbonyl (C=O) groups is 1. The van der Waals surface area contributed by atoms with Crippen molar-refractivity contribution in [2.45, 2.75) is 6.92 Å². The van der Waals surface area contributed by atoms with Gasteiger partial charge in [0.25, 0.3) is 0 Å². The third-order valence-corrected chi connectivity index (χ3v) is 3.57. The van der Waals surface area contributed by atoms with Gasteiger partial charge >= 0.3 is 0 Å². The summed E-state index contributed by atoms with van der Waals surface area (Å²) in [6.07, 6.45) is 1.42. The Hall–Kier alpha value is -3.02. The molecule has 0 bridgehead atoms. The van der Waals surface area contributed by atoms with Gasteiger partial charge in [0.15, 0.2) is 0 Å². The summed E-state index contributed by atoms with van der Waals surface area (Å²) >= 11 is 0. The molecule has 0 aliphatic rings. The molecule has 0 fully saturated rings. The van der Waals surface area contributed by atoms with E-state index in [1.807, 2.05) is 24.3 Å². The Morgan fingerprint density at radius 3 is 2.78 bits per heavy atom. The minimum atomic E-state index is -0.347. The van der Waals surface area contributed by atoms with E-state index in [9.17, 15) is 9.18 Å². The SMILES string of the molecule is CC(=O)N(C)c1cccc(Nc2ncnc3ccc(F)cc23)c1. The molecule has 2 aromatic carbocycles. The highest BCUT2D eigenvalue weighted by molar-refractivity contribution is 5.93. The van der Waals surface area contributed by atoms with Crippen LogP contribution in [0.5, 0.6) is 0 Å². The minimum absolute atomic E-state index is 0.0586. The van der Waals surface area contributed by atoms with Crippen LogP contribution in [0.2, 0.25) is 0 Å². The third-order valence-electron chi connectivity index (χ3n) is 3.57. The van der Waals surface area contributed by atoms with Gasteiger partial charge in [0.05, 0.1) is 5.52 Å². The summed E-state index contributed by atoms with van der Waals surface area (Å²) in [5.41, 5.74) is 2.16. The first-order valence-electron chi connectivity index (χ1n) is 7.06. The second-order valence-corrected chi connectivity index (χ2v) is 5.14. The normalized spacial score (nSPS) is 10.6. The maximum absolute atomic E-state index is 13.5. The largest absolute Gasteiger partial charge is 0.340 e. The van der Waals surface area contributed by atoms with Crippen molar-refractivity contribution >= 4 is 34.0 Å². The van der Waals surface area contributed by atoms with Crippen LogP contribution in [0.15, 0.2) is 48.8 Å². The quantitative estimate of drug-likeness (QED) is 0.804. The van der Waals surface area contributed by atoms with E-state index in [0.717, 1.165) is 11.4 Å². The molecular formula is C17H15FN4O. The average Bonchev–Trinajstić information content (AvgIpc) is 2.55. The molecule has 5 nitrogen and oxygen atoms in total. The van der Waals surface area contributed by atoms with Crippen LogP contribution in [-0.2, 0) is 4.79 Å². The predicted molar refractivity (Wildman–Crippen MR) is 88.3 cm³/mol. The molecule has 1 heterocycles. The van der Waals surface area contributed by atoms with E-state index in [1.54, 1.807) is 18.0 Å². The Labute approximate surface area is 132 Å². The molecule has 0 unspecified atom stereocenters. The first-order valence-corrected chi connectivity index (χ1v) is 7.06. The Bertz CT molecular complexity index is 881. The lowest BCUT2D eigenvalue weighted by molar-refractivity contribution is -0.116. The summed E-state index contributed by atoms with van der Waals surface area (Å²) in [7, 11) is 1.71. The van der Waals surface area contributed by atoms with Gasteiger partial charge in [0.1, 0.15) is 18.0 Å². The monoisotopic (exact) mass is 310 g/mol. The highest BCUT2D eigenvalue weighted by atomic mass is 19.1. The van der Waals surface area contributed by atoms with Crippen LogP contribution in [0, 0.1) is 5.82 Å². The predicted octanol–water partition coefficient (Wildman–Crippen LogP) is 3.50. The number of benzene rings is 2. The zero-order chi connectivity index (χ0) is 16.4. The topological polar surface area (TPSA) is 58.1 Å². The van der Waals surface area contributed by atoms with Gasteiger partial charge in [-0.2, -0.15) is 0 Å². The maximum Gasteiger partial charge on any atom is 0.223 e. The van der Waals surface area contributed by atoms with Crippen LogP contribution in [0.1, 0.15) is 6.92 Å². The second kappa shape index (κ2) is 6.00. The fourth-order valence-electron chi connectivity index (χ4n) is 2.24. The fourth-order valence-corrected chi connectivity index (χ4v) is 2.24. The van der Waals surface area contributed by atoms with E-state index in [-0.39, 0.29) is 11.7 Å². The van der Waals surface area contributed by atoms with Crippen LogP contribution < -0.4 is 10.2 Å². The number of aromatic nitrogens is 2. The number of carbonyl (C=O) groups excluding carboxylic acids is 1. The summed E-state index contributed by atoms with van der Waals surface area (Å²) in [5.74, 6) is 0.106. The van der Waals surface area contributed by atoms with Gasteiger partial charge in [-0.1, -0.05) is 6.07 Å². The molecule has 116 valence electrons. The van der Waals surface area contributed by atoms with Crippen molar-refractivity contribution in [1.29, 1.82) is 0 Å². The number of rotatable bonds is 3. The van der Waals surface area contributed by atoms with Crippen molar-refractivity contribution in [1.82, 2.24) is 9.97 Å². The highest BCUT2D eigenvalue weighted by Crippen LogP contribution is 2.26. The molecule has 0 aliphatic carbocycles. The number of amides is 1. The maximum atomic E-state index is 13.5. The van der Waals surface area contributed by atoms with E-state index in [1.165, 1.54) is 25.4 Å². The molecule has 3 aromatic rings. The lowest BCUT2D eigenvalue weighted by Gasteiger charge is -2.16. The molecule has 0 spiro atoms. The number of hydrogen-bond acceptors (Lipinski definition) is 4. The van der Waals surface area contributed by atoms with E-state index in [2.05, 4.69) is 15.3 Å². The van der Waals surface area contributed by atoms with Crippen LogP contribution in [0.4, 0.5) is 21.6 Å². The summed E-state index contributed by atoms with van der Waals surface area (Å²) in [6.45, 7) is 1.50. The summed E-state index contributed by atoms with van der Waals surface area (Å²) in [5, 5.41) is 3.75. The first-order chi connectivity index (χ1) is 11.0. The molecule has 0 saturated heterocycles. The van der Waals surface area contributed by atoms with E-state index < -0.39 is 0 Å². The average molecular weight is 310 g/mol. The van der Waals surface area contributed by atoms with Gasteiger partial charge in [-0.05, 0) is 36.4 Å². The van der Waals surface area contributed by atoms with Crippen molar-refractivity contribution in [2.24, 2.45) is 0 Å². The molecular weight excluding hydrogens is 295 g/mol. The lowest BCUT2D eigenvalue weighted by atomic mass is 10.2. The summed E-state index contributed by atoms with van der Waals surface area (Å²) in [6, 6.07) is 11.7. The minimum Gasteiger partial charge on any atom is -0.340 e. The number of nitrogens with one attached hydrogen (secondary N) is 1. The molecule has 0 atom stereocenters. The van der Waals surface area contributed by atoms with Gasteiger partial charge in [0.2, 0.25) is 5.91 Å². The van der Waals surface area contributed by atoms with Gasteiger partial charge in [0, 0.05) is 30.7 Å². The summed E-state index contributed by atoms with van der Waals surface area (Å²) < 4.78 is 13.5. The molecule has 0 aliphatic heterocycles. The van der Waals surface area contributed by atoms with Gasteiger partial charge < -0.3 is 10.2 Å². The van der Waals surface area contributed by atoms with E-state index in [0.29, 0.717) is 16.7 Å². The van der Waals surface area contributed by atoms with E-state index in [4.69, 9.17) is 0 Å². The molecule has 1 N–H and O–H groups in total. The Morgan fingerprint density at radius 2 is 2.00 bits per heavy atom. The number of fused-ring (bicyclic) bond motifs is 1. The first kappa shape index (κ1) is 14.9. The van der Waals surface area contributed by atoms with Crippen LogP contribution >= 0.6 is 0 Å². The molecule has 23 heavy (non-hydrogen) atoms. The van der Waals surface area contributed by atoms with Gasteiger partial charge in [-0.3, -0.25) is 4.79 Å². The van der Waals surface area contributed by atoms with Crippen molar-refractivity contribution < 1.29 is 9.18 Å². The second-order valence-electron chi connectivity index (χ2n) is 5.14. The Balaban J connectivity index is 1.98. The Morgan fingerprint density at radius 1 is 1.17 bits per heavy atom. The number of anilines is 3. The molecule has 0 saturated carbocycles. The zero-order valence-corrected chi connectivity index (χ0v) is 12.7. The van der Waals surface area contributed by atoms with Crippen molar-refractivity contribution in [3.8, 4) is 0 Å². The fraction of sp³-hybridized carbons (Fsp3) is 0.118. The number of halogens is 1. The standard InChI is InChI=1S/C17H15FN4O/c1-11(23)22(2)14-5-3-4-13(9-14)21-17-15-8-12(18)6-7-16(15)19-10-20-17/h3-10H,1-2H3,(H,19,20,21). The van der Waals surface area contributed by atoms with Crippen LogP contribution in [-0.4, -0.2) is 22.9 Å². The molecule has 1 aromatic heterocycles. The molecule has 6 heteroatoms. The molecule has 0 radical (unpaired) electrons. The van der Waals surface area contributed by atoms with Crippen LogP contribution in [0.3, 0.4) is 0 Å². The van der Waals surface area contributed by atoms with E-state index >= 15 is 0 Å². The van der Waals surface area contributed by atoms with Crippen molar-refractivity contribution in [3.63, 3.8) is 0 Å². The van der Waals surface area contributed by atoms with Crippen molar-refractivity contribution in [2.75, 3.05) is 17.3 Å². The lowest BCUT2D eigenvalue weighted by Crippen LogP contribution is -2.22. The molecule has 3 rings (SSSR count). The smallest absolute Gasteiger partial charge is 0.223 e. The number of hydrogen-bond donors (Lipinski definition) is 1. The molecule has 1 amide bonds.